The lowest BCUT2D eigenvalue weighted by Crippen LogP contribution is -2.31. The van der Waals surface area contributed by atoms with Crippen molar-refractivity contribution in [3.8, 4) is 11.1 Å². The van der Waals surface area contributed by atoms with Crippen LogP contribution in [-0.4, -0.2) is 24.6 Å². The molecular formula is C17H16N2O2. The highest BCUT2D eigenvalue weighted by Gasteiger charge is 2.64. The molecule has 2 aromatic rings. The van der Waals surface area contributed by atoms with Crippen molar-refractivity contribution in [2.24, 2.45) is 0 Å². The van der Waals surface area contributed by atoms with Crippen molar-refractivity contribution in [1.29, 1.82) is 0 Å². The van der Waals surface area contributed by atoms with Crippen molar-refractivity contribution in [2.75, 3.05) is 18.6 Å². The third kappa shape index (κ3) is 1.39. The predicted molar refractivity (Wildman–Crippen MR) is 80.2 cm³/mol. The normalized spacial score (nSPS) is 21.2. The molecule has 0 spiro atoms. The molecule has 1 atom stereocenters. The molecule has 1 aromatic heterocycles. The Kier molecular flexibility index (Phi) is 2.27. The van der Waals surface area contributed by atoms with Gasteiger partial charge in [0, 0.05) is 22.6 Å². The number of benzene rings is 1. The summed E-state index contributed by atoms with van der Waals surface area (Å²) in [5, 5.41) is 0. The van der Waals surface area contributed by atoms with Crippen molar-refractivity contribution in [1.82, 2.24) is 4.98 Å². The van der Waals surface area contributed by atoms with Gasteiger partial charge in [-0.15, -0.1) is 0 Å². The zero-order chi connectivity index (χ0) is 14.8. The van der Waals surface area contributed by atoms with Gasteiger partial charge in [-0.05, 0) is 31.0 Å². The standard InChI is InChI=1S/C17H16N2O2/c1-10-8-14-15(11(2)18-10)12-6-4-5-7-13(12)17(9-19(14)17)16(20)21-3/h4-8H,9H2,1-3H3. The van der Waals surface area contributed by atoms with E-state index in [1.54, 1.807) is 0 Å². The lowest BCUT2D eigenvalue weighted by atomic mass is 9.86. The number of hydrogen-bond acceptors (Lipinski definition) is 4. The van der Waals surface area contributed by atoms with E-state index >= 15 is 0 Å². The Hall–Kier alpha value is -2.36. The van der Waals surface area contributed by atoms with Gasteiger partial charge in [-0.3, -0.25) is 4.98 Å². The molecule has 1 saturated heterocycles. The Labute approximate surface area is 123 Å². The lowest BCUT2D eigenvalue weighted by Gasteiger charge is -2.28. The molecule has 106 valence electrons. The summed E-state index contributed by atoms with van der Waals surface area (Å²) in [6, 6.07) is 10.1. The summed E-state index contributed by atoms with van der Waals surface area (Å²) in [5.74, 6) is -0.187. The van der Waals surface area contributed by atoms with E-state index in [1.807, 2.05) is 32.0 Å². The quantitative estimate of drug-likeness (QED) is 0.595. The SMILES string of the molecule is COC(=O)C12CN1c1cc(C)nc(C)c1-c1ccccc12. The number of fused-ring (bicyclic) bond motifs is 6. The van der Waals surface area contributed by atoms with Crippen LogP contribution in [0.4, 0.5) is 5.69 Å². The zero-order valence-corrected chi connectivity index (χ0v) is 12.3. The van der Waals surface area contributed by atoms with Gasteiger partial charge < -0.3 is 9.64 Å². The number of aromatic nitrogens is 1. The molecule has 1 unspecified atom stereocenters. The van der Waals surface area contributed by atoms with Crippen LogP contribution in [0.15, 0.2) is 30.3 Å². The molecule has 1 aromatic carbocycles. The van der Waals surface area contributed by atoms with Gasteiger partial charge >= 0.3 is 5.97 Å². The highest BCUT2D eigenvalue weighted by Crippen LogP contribution is 2.57. The number of methoxy groups -OCH3 is 1. The predicted octanol–water partition coefficient (Wildman–Crippen LogP) is 2.57. The molecule has 0 saturated carbocycles. The molecule has 3 heterocycles. The summed E-state index contributed by atoms with van der Waals surface area (Å²) in [6.07, 6.45) is 0. The summed E-state index contributed by atoms with van der Waals surface area (Å²) in [7, 11) is 1.45. The molecule has 4 nitrogen and oxygen atoms in total. The highest BCUT2D eigenvalue weighted by molar-refractivity contribution is 6.03. The molecule has 0 radical (unpaired) electrons. The number of anilines is 1. The van der Waals surface area contributed by atoms with Crippen molar-refractivity contribution in [2.45, 2.75) is 19.4 Å². The maximum absolute atomic E-state index is 12.4. The van der Waals surface area contributed by atoms with Gasteiger partial charge in [-0.2, -0.15) is 0 Å². The number of carbonyl (C=O) groups excluding carboxylic acids is 1. The van der Waals surface area contributed by atoms with Crippen LogP contribution in [-0.2, 0) is 15.1 Å². The summed E-state index contributed by atoms with van der Waals surface area (Å²) in [5.41, 5.74) is 5.67. The third-order valence-corrected chi connectivity index (χ3v) is 4.51. The van der Waals surface area contributed by atoms with Crippen molar-refractivity contribution in [3.05, 3.63) is 47.3 Å². The molecule has 0 aliphatic carbocycles. The first-order valence-corrected chi connectivity index (χ1v) is 7.04. The highest BCUT2D eigenvalue weighted by atomic mass is 16.5. The van der Waals surface area contributed by atoms with Gasteiger partial charge in [0.1, 0.15) is 0 Å². The smallest absolute Gasteiger partial charge is 0.338 e. The van der Waals surface area contributed by atoms with Crippen LogP contribution in [0.25, 0.3) is 11.1 Å². The van der Waals surface area contributed by atoms with Gasteiger partial charge in [-0.1, -0.05) is 24.3 Å². The second kappa shape index (κ2) is 3.85. The lowest BCUT2D eigenvalue weighted by molar-refractivity contribution is -0.143. The van der Waals surface area contributed by atoms with Gasteiger partial charge in [0.05, 0.1) is 13.7 Å². The molecule has 0 amide bonds. The minimum absolute atomic E-state index is 0.187. The number of hydrogen-bond donors (Lipinski definition) is 0. The first-order chi connectivity index (χ1) is 10.1. The van der Waals surface area contributed by atoms with Crippen LogP contribution >= 0.6 is 0 Å². The Bertz CT molecular complexity index is 784. The molecule has 0 bridgehead atoms. The summed E-state index contributed by atoms with van der Waals surface area (Å²) in [4.78, 5) is 19.1. The maximum Gasteiger partial charge on any atom is 0.338 e. The monoisotopic (exact) mass is 280 g/mol. The van der Waals surface area contributed by atoms with Crippen LogP contribution in [0, 0.1) is 13.8 Å². The second-order valence-electron chi connectivity index (χ2n) is 5.73. The third-order valence-electron chi connectivity index (χ3n) is 4.51. The van der Waals surface area contributed by atoms with Crippen LogP contribution in [0.1, 0.15) is 17.0 Å². The molecule has 4 rings (SSSR count). The van der Waals surface area contributed by atoms with Crippen LogP contribution in [0.3, 0.4) is 0 Å². The van der Waals surface area contributed by atoms with E-state index in [1.165, 1.54) is 7.11 Å². The number of aryl methyl sites for hydroxylation is 2. The molecule has 2 aliphatic heterocycles. The average Bonchev–Trinajstić information content (AvgIpc) is 3.23. The number of carbonyl (C=O) groups is 1. The topological polar surface area (TPSA) is 42.2 Å². The number of pyridine rings is 1. The van der Waals surface area contributed by atoms with E-state index < -0.39 is 5.54 Å². The first-order valence-electron chi connectivity index (χ1n) is 7.04. The van der Waals surface area contributed by atoms with Crippen LogP contribution in [0.5, 0.6) is 0 Å². The van der Waals surface area contributed by atoms with Crippen molar-refractivity contribution >= 4 is 11.7 Å². The summed E-state index contributed by atoms with van der Waals surface area (Å²) >= 11 is 0. The number of ether oxygens (including phenoxy) is 1. The molecule has 21 heavy (non-hydrogen) atoms. The molecule has 4 heteroatoms. The van der Waals surface area contributed by atoms with E-state index in [9.17, 15) is 4.79 Å². The van der Waals surface area contributed by atoms with E-state index in [0.29, 0.717) is 6.54 Å². The number of nitrogens with zero attached hydrogens (tertiary/aromatic N) is 2. The number of esters is 1. The van der Waals surface area contributed by atoms with E-state index in [2.05, 4.69) is 22.0 Å². The van der Waals surface area contributed by atoms with Gasteiger partial charge in [0.15, 0.2) is 5.54 Å². The average molecular weight is 280 g/mol. The summed E-state index contributed by atoms with van der Waals surface area (Å²) in [6.45, 7) is 4.68. The van der Waals surface area contributed by atoms with E-state index in [4.69, 9.17) is 4.74 Å². The fraction of sp³-hybridized carbons (Fsp3) is 0.294. The minimum Gasteiger partial charge on any atom is -0.467 e. The number of rotatable bonds is 1. The first kappa shape index (κ1) is 12.4. The zero-order valence-electron chi connectivity index (χ0n) is 12.3. The second-order valence-corrected chi connectivity index (χ2v) is 5.73. The van der Waals surface area contributed by atoms with Crippen molar-refractivity contribution < 1.29 is 9.53 Å². The molecule has 0 N–H and O–H groups in total. The van der Waals surface area contributed by atoms with Crippen LogP contribution < -0.4 is 4.90 Å². The molecular weight excluding hydrogens is 264 g/mol. The largest absolute Gasteiger partial charge is 0.467 e. The Morgan fingerprint density at radius 1 is 1.33 bits per heavy atom. The molecule has 2 aliphatic rings. The fourth-order valence-electron chi connectivity index (χ4n) is 3.58. The van der Waals surface area contributed by atoms with Gasteiger partial charge in [0.2, 0.25) is 0 Å². The minimum atomic E-state index is -0.640. The Morgan fingerprint density at radius 3 is 2.86 bits per heavy atom. The Morgan fingerprint density at radius 2 is 2.10 bits per heavy atom. The van der Waals surface area contributed by atoms with Gasteiger partial charge in [0.25, 0.3) is 0 Å². The summed E-state index contributed by atoms with van der Waals surface area (Å²) < 4.78 is 5.07. The maximum atomic E-state index is 12.4. The van der Waals surface area contributed by atoms with Crippen LogP contribution in [0.2, 0.25) is 0 Å². The van der Waals surface area contributed by atoms with Crippen molar-refractivity contribution in [3.63, 3.8) is 0 Å². The molecule has 1 fully saturated rings. The van der Waals surface area contributed by atoms with E-state index in [0.717, 1.165) is 33.8 Å². The fourth-order valence-corrected chi connectivity index (χ4v) is 3.58. The Balaban J connectivity index is 2.06. The van der Waals surface area contributed by atoms with Gasteiger partial charge in [-0.25, -0.2) is 4.79 Å². The van der Waals surface area contributed by atoms with E-state index in [-0.39, 0.29) is 5.97 Å².